The van der Waals surface area contributed by atoms with E-state index < -0.39 is 0 Å². The number of methoxy groups -OCH3 is 1. The molecule has 0 aromatic carbocycles. The highest BCUT2D eigenvalue weighted by Crippen LogP contribution is 2.34. The third-order valence-corrected chi connectivity index (χ3v) is 5.19. The molecule has 16 heavy (non-hydrogen) atoms. The Bertz CT molecular complexity index is 210. The van der Waals surface area contributed by atoms with Gasteiger partial charge in [-0.15, -0.1) is 0 Å². The Kier molecular flexibility index (Phi) is 6.25. The number of thioether (sulfide) groups is 1. The van der Waals surface area contributed by atoms with Crippen molar-refractivity contribution >= 4 is 17.7 Å². The lowest BCUT2D eigenvalue weighted by Gasteiger charge is -2.27. The second-order valence-corrected chi connectivity index (χ2v) is 6.14. The summed E-state index contributed by atoms with van der Waals surface area (Å²) in [7, 11) is 1.47. The maximum atomic E-state index is 11.2. The van der Waals surface area contributed by atoms with Gasteiger partial charge in [0.1, 0.15) is 0 Å². The Hall–Kier alpha value is -0.180. The summed E-state index contributed by atoms with van der Waals surface area (Å²) in [5, 5.41) is 0.773. The van der Waals surface area contributed by atoms with Gasteiger partial charge < -0.3 is 4.74 Å². The van der Waals surface area contributed by atoms with E-state index in [9.17, 15) is 4.79 Å². The Balaban J connectivity index is 2.17. The van der Waals surface area contributed by atoms with Gasteiger partial charge in [-0.3, -0.25) is 4.79 Å². The van der Waals surface area contributed by atoms with Gasteiger partial charge in [0.15, 0.2) is 0 Å². The van der Waals surface area contributed by atoms with Gasteiger partial charge in [-0.2, -0.15) is 11.8 Å². The predicted octanol–water partition coefficient (Wildman–Crippen LogP) is 3.50. The summed E-state index contributed by atoms with van der Waals surface area (Å²) in [5.74, 6) is 1.83. The summed E-state index contributed by atoms with van der Waals surface area (Å²) >= 11 is 1.96. The van der Waals surface area contributed by atoms with Gasteiger partial charge in [0, 0.05) is 11.0 Å². The van der Waals surface area contributed by atoms with Crippen LogP contribution in [0, 0.1) is 11.8 Å². The summed E-state index contributed by atoms with van der Waals surface area (Å²) in [4.78, 5) is 11.2. The van der Waals surface area contributed by atoms with Crippen LogP contribution < -0.4 is 0 Å². The fourth-order valence-electron chi connectivity index (χ4n) is 2.26. The fourth-order valence-corrected chi connectivity index (χ4v) is 3.56. The van der Waals surface area contributed by atoms with Gasteiger partial charge >= 0.3 is 5.97 Å². The smallest absolute Gasteiger partial charge is 0.309 e. The van der Waals surface area contributed by atoms with Crippen molar-refractivity contribution in [3.63, 3.8) is 0 Å². The Morgan fingerprint density at radius 1 is 1.38 bits per heavy atom. The van der Waals surface area contributed by atoms with Gasteiger partial charge in [0.05, 0.1) is 13.0 Å². The lowest BCUT2D eigenvalue weighted by Crippen LogP contribution is -2.20. The van der Waals surface area contributed by atoms with Crippen LogP contribution in [0.4, 0.5) is 0 Å². The van der Waals surface area contributed by atoms with Crippen molar-refractivity contribution in [3.8, 4) is 0 Å². The van der Waals surface area contributed by atoms with Crippen LogP contribution in [0.25, 0.3) is 0 Å². The molecule has 0 N–H and O–H groups in total. The van der Waals surface area contributed by atoms with Crippen molar-refractivity contribution in [1.29, 1.82) is 0 Å². The van der Waals surface area contributed by atoms with E-state index in [1.807, 2.05) is 18.7 Å². The van der Waals surface area contributed by atoms with Crippen LogP contribution in [0.1, 0.15) is 46.0 Å². The average Bonchev–Trinajstić information content (AvgIpc) is 2.35. The fraction of sp³-hybridized carbons (Fsp3) is 0.923. The molecule has 0 aliphatic heterocycles. The van der Waals surface area contributed by atoms with Crippen LogP contribution in [-0.2, 0) is 9.53 Å². The molecule has 0 bridgehead atoms. The molecule has 1 fully saturated rings. The molecule has 1 unspecified atom stereocenters. The van der Waals surface area contributed by atoms with E-state index in [4.69, 9.17) is 4.74 Å². The normalized spacial score (nSPS) is 27.4. The monoisotopic (exact) mass is 244 g/mol. The minimum atomic E-state index is -0.0743. The van der Waals surface area contributed by atoms with Crippen LogP contribution >= 0.6 is 11.8 Å². The Labute approximate surface area is 104 Å². The zero-order valence-electron chi connectivity index (χ0n) is 10.7. The molecule has 0 aromatic heterocycles. The van der Waals surface area contributed by atoms with Crippen molar-refractivity contribution in [2.45, 2.75) is 51.2 Å². The summed E-state index contributed by atoms with van der Waals surface area (Å²) in [6, 6.07) is 0. The maximum absolute atomic E-state index is 11.2. The summed E-state index contributed by atoms with van der Waals surface area (Å²) in [6.45, 7) is 4.24. The number of ether oxygens (including phenoxy) is 1. The Morgan fingerprint density at radius 2 is 2.00 bits per heavy atom. The second kappa shape index (κ2) is 7.21. The number of rotatable bonds is 5. The van der Waals surface area contributed by atoms with Crippen LogP contribution in [0.5, 0.6) is 0 Å². The molecule has 1 atom stereocenters. The lowest BCUT2D eigenvalue weighted by molar-refractivity contribution is -0.143. The molecule has 1 rings (SSSR count). The van der Waals surface area contributed by atoms with Crippen molar-refractivity contribution in [1.82, 2.24) is 0 Å². The topological polar surface area (TPSA) is 26.3 Å². The van der Waals surface area contributed by atoms with Gasteiger partial charge in [-0.05, 0) is 31.6 Å². The molecule has 2 nitrogen and oxygen atoms in total. The van der Waals surface area contributed by atoms with Crippen LogP contribution in [0.2, 0.25) is 0 Å². The Morgan fingerprint density at radius 3 is 2.50 bits per heavy atom. The van der Waals surface area contributed by atoms with Gasteiger partial charge in [0.25, 0.3) is 0 Å². The molecule has 0 aromatic rings. The van der Waals surface area contributed by atoms with E-state index in [1.165, 1.54) is 39.2 Å². The number of hydrogen-bond donors (Lipinski definition) is 0. The lowest BCUT2D eigenvalue weighted by atomic mass is 9.87. The SMILES string of the molecule is CCC1CCC(SCC(C)C(=O)OC)CC1. The first-order valence-corrected chi connectivity index (χ1v) is 7.41. The highest BCUT2D eigenvalue weighted by Gasteiger charge is 2.22. The molecule has 0 spiro atoms. The molecule has 0 amide bonds. The van der Waals surface area contributed by atoms with E-state index in [0.29, 0.717) is 0 Å². The quantitative estimate of drug-likeness (QED) is 0.692. The second-order valence-electron chi connectivity index (χ2n) is 4.81. The van der Waals surface area contributed by atoms with Crippen LogP contribution in [-0.4, -0.2) is 24.1 Å². The molecule has 0 radical (unpaired) electrons. The van der Waals surface area contributed by atoms with Crippen molar-refractivity contribution in [2.24, 2.45) is 11.8 Å². The number of esters is 1. The third-order valence-electron chi connectivity index (χ3n) is 3.56. The molecule has 0 saturated heterocycles. The molecule has 94 valence electrons. The molecule has 1 aliphatic carbocycles. The zero-order valence-corrected chi connectivity index (χ0v) is 11.5. The molecule has 1 aliphatic rings. The van der Waals surface area contributed by atoms with E-state index >= 15 is 0 Å². The first-order valence-electron chi connectivity index (χ1n) is 6.36. The van der Waals surface area contributed by atoms with Crippen LogP contribution in [0.3, 0.4) is 0 Å². The predicted molar refractivity (Wildman–Crippen MR) is 69.7 cm³/mol. The highest BCUT2D eigenvalue weighted by molar-refractivity contribution is 7.99. The minimum Gasteiger partial charge on any atom is -0.469 e. The van der Waals surface area contributed by atoms with Crippen molar-refractivity contribution in [3.05, 3.63) is 0 Å². The number of hydrogen-bond acceptors (Lipinski definition) is 3. The highest BCUT2D eigenvalue weighted by atomic mass is 32.2. The molecular weight excluding hydrogens is 220 g/mol. The number of carbonyl (C=O) groups is 1. The van der Waals surface area contributed by atoms with Crippen LogP contribution in [0.15, 0.2) is 0 Å². The van der Waals surface area contributed by atoms with Crippen molar-refractivity contribution in [2.75, 3.05) is 12.9 Å². The average molecular weight is 244 g/mol. The van der Waals surface area contributed by atoms with E-state index in [2.05, 4.69) is 6.92 Å². The van der Waals surface area contributed by atoms with E-state index in [1.54, 1.807) is 0 Å². The maximum Gasteiger partial charge on any atom is 0.309 e. The van der Waals surface area contributed by atoms with Crippen molar-refractivity contribution < 1.29 is 9.53 Å². The van der Waals surface area contributed by atoms with E-state index in [0.717, 1.165) is 16.9 Å². The van der Waals surface area contributed by atoms with Gasteiger partial charge in [-0.1, -0.05) is 20.3 Å². The summed E-state index contributed by atoms with van der Waals surface area (Å²) in [6.07, 6.45) is 6.74. The minimum absolute atomic E-state index is 0.0406. The third kappa shape index (κ3) is 4.36. The van der Waals surface area contributed by atoms with Gasteiger partial charge in [0.2, 0.25) is 0 Å². The molecule has 1 saturated carbocycles. The zero-order chi connectivity index (χ0) is 12.0. The molecular formula is C13H24O2S. The number of carbonyl (C=O) groups excluding carboxylic acids is 1. The summed E-state index contributed by atoms with van der Waals surface area (Å²) in [5.41, 5.74) is 0. The largest absolute Gasteiger partial charge is 0.469 e. The first-order chi connectivity index (χ1) is 7.67. The first kappa shape index (κ1) is 13.9. The summed E-state index contributed by atoms with van der Waals surface area (Å²) < 4.78 is 4.73. The van der Waals surface area contributed by atoms with E-state index in [-0.39, 0.29) is 11.9 Å². The molecule has 3 heteroatoms. The van der Waals surface area contributed by atoms with Gasteiger partial charge in [-0.25, -0.2) is 0 Å². The molecule has 0 heterocycles. The standard InChI is InChI=1S/C13H24O2S/c1-4-11-5-7-12(8-6-11)16-9-10(2)13(14)15-3/h10-12H,4-9H2,1-3H3.